The van der Waals surface area contributed by atoms with Gasteiger partial charge in [0, 0.05) is 77.9 Å². The summed E-state index contributed by atoms with van der Waals surface area (Å²) in [6, 6.07) is 11.8. The molecule has 6 aromatic rings. The molecular weight excluding hydrogens is 486 g/mol. The van der Waals surface area contributed by atoms with E-state index < -0.39 is 5.92 Å². The second kappa shape index (κ2) is 8.77. The van der Waals surface area contributed by atoms with E-state index in [2.05, 4.69) is 41.2 Å². The van der Waals surface area contributed by atoms with Crippen LogP contribution in [0.25, 0.3) is 55.7 Å². The van der Waals surface area contributed by atoms with Gasteiger partial charge in [0.05, 0.1) is 35.3 Å². The molecule has 1 fully saturated rings. The fourth-order valence-electron chi connectivity index (χ4n) is 5.12. The minimum Gasteiger partial charge on any atom is -0.353 e. The van der Waals surface area contributed by atoms with Crippen molar-refractivity contribution in [2.75, 3.05) is 13.1 Å². The lowest BCUT2D eigenvalue weighted by Gasteiger charge is -2.15. The summed E-state index contributed by atoms with van der Waals surface area (Å²) in [4.78, 5) is 22.9. The average Bonchev–Trinajstić information content (AvgIpc) is 3.64. The molecule has 1 saturated heterocycles. The number of alkyl halides is 2. The zero-order valence-corrected chi connectivity index (χ0v) is 20.2. The molecule has 0 saturated carbocycles. The molecular formula is C28H22F2N8. The van der Waals surface area contributed by atoms with E-state index in [0.29, 0.717) is 13.1 Å². The second-order valence-electron chi connectivity index (χ2n) is 9.63. The Morgan fingerprint density at radius 1 is 0.842 bits per heavy atom. The van der Waals surface area contributed by atoms with Gasteiger partial charge in [-0.3, -0.25) is 29.9 Å². The Morgan fingerprint density at radius 2 is 1.71 bits per heavy atom. The number of nitrogens with one attached hydrogen (secondary N) is 2. The van der Waals surface area contributed by atoms with E-state index in [1.807, 2.05) is 30.3 Å². The number of aromatic amines is 2. The number of H-pyrrole nitrogens is 2. The first-order valence-electron chi connectivity index (χ1n) is 12.3. The molecule has 0 aromatic carbocycles. The second-order valence-corrected chi connectivity index (χ2v) is 9.63. The molecule has 0 atom stereocenters. The summed E-state index contributed by atoms with van der Waals surface area (Å²) in [5, 5.41) is 9.55. The lowest BCUT2D eigenvalue weighted by atomic mass is 10.1. The van der Waals surface area contributed by atoms with E-state index in [1.54, 1.807) is 42.1 Å². The quantitative estimate of drug-likeness (QED) is 0.321. The Balaban J connectivity index is 1.24. The first kappa shape index (κ1) is 22.6. The topological polar surface area (TPSA) is 99.3 Å². The number of aromatic nitrogens is 7. The van der Waals surface area contributed by atoms with Gasteiger partial charge in [-0.05, 0) is 42.0 Å². The van der Waals surface area contributed by atoms with Crippen LogP contribution in [0.1, 0.15) is 12.0 Å². The van der Waals surface area contributed by atoms with Gasteiger partial charge in [0.1, 0.15) is 5.69 Å². The summed E-state index contributed by atoms with van der Waals surface area (Å²) in [6.07, 6.45) is 10.4. The van der Waals surface area contributed by atoms with Crippen molar-refractivity contribution < 1.29 is 8.78 Å². The van der Waals surface area contributed by atoms with Crippen LogP contribution < -0.4 is 0 Å². The molecule has 7 heterocycles. The van der Waals surface area contributed by atoms with Gasteiger partial charge in [0.15, 0.2) is 0 Å². The highest BCUT2D eigenvalue weighted by atomic mass is 19.3. The average molecular weight is 509 g/mol. The van der Waals surface area contributed by atoms with Crippen LogP contribution in [-0.4, -0.2) is 59.0 Å². The van der Waals surface area contributed by atoms with E-state index in [1.165, 1.54) is 0 Å². The largest absolute Gasteiger partial charge is 0.353 e. The Bertz CT molecular complexity index is 1780. The molecule has 6 aromatic heterocycles. The highest BCUT2D eigenvalue weighted by Gasteiger charge is 2.37. The van der Waals surface area contributed by atoms with Crippen LogP contribution in [0.4, 0.5) is 8.78 Å². The predicted molar refractivity (Wildman–Crippen MR) is 140 cm³/mol. The maximum atomic E-state index is 13.6. The van der Waals surface area contributed by atoms with Crippen molar-refractivity contribution in [3.05, 3.63) is 79.1 Å². The molecule has 1 aliphatic rings. The van der Waals surface area contributed by atoms with Crippen molar-refractivity contribution in [3.8, 4) is 33.9 Å². The van der Waals surface area contributed by atoms with Crippen LogP contribution in [0.5, 0.6) is 0 Å². The first-order valence-corrected chi connectivity index (χ1v) is 12.3. The molecule has 0 radical (unpaired) electrons. The number of hydrogen-bond acceptors (Lipinski definition) is 6. The number of rotatable bonds is 5. The van der Waals surface area contributed by atoms with Crippen LogP contribution in [0.2, 0.25) is 0 Å². The smallest absolute Gasteiger partial charge is 0.261 e. The maximum Gasteiger partial charge on any atom is 0.261 e. The lowest BCUT2D eigenvalue weighted by molar-refractivity contribution is 0.0115. The third kappa shape index (κ3) is 4.08. The molecule has 0 bridgehead atoms. The molecule has 38 heavy (non-hydrogen) atoms. The molecule has 0 spiro atoms. The minimum absolute atomic E-state index is 0.102. The van der Waals surface area contributed by atoms with Crippen molar-refractivity contribution in [3.63, 3.8) is 0 Å². The van der Waals surface area contributed by atoms with Crippen molar-refractivity contribution in [2.45, 2.75) is 18.9 Å². The third-order valence-corrected chi connectivity index (χ3v) is 6.95. The zero-order valence-electron chi connectivity index (χ0n) is 20.2. The summed E-state index contributed by atoms with van der Waals surface area (Å²) in [5.41, 5.74) is 7.67. The SMILES string of the molecule is FC1(F)CCN(Cc2cncc(-c3cc4c(-c5cc6c(-c7ccncc7)nccc6[nH]5)n[nH]c4cn3)c2)C1. The highest BCUT2D eigenvalue weighted by molar-refractivity contribution is 6.00. The Hall–Kier alpha value is -4.57. The van der Waals surface area contributed by atoms with Gasteiger partial charge in [-0.2, -0.15) is 5.10 Å². The van der Waals surface area contributed by atoms with Crippen molar-refractivity contribution in [1.82, 2.24) is 40.0 Å². The van der Waals surface area contributed by atoms with E-state index in [4.69, 9.17) is 0 Å². The zero-order chi connectivity index (χ0) is 25.7. The number of hydrogen-bond donors (Lipinski definition) is 2. The standard InChI is InChI=1S/C28H22F2N8/c29-28(30)4-8-38(16-28)15-17-9-19(13-32-12-17)23-10-21-25(14-34-23)36-37-27(21)24-11-20-22(35-24)3-7-33-26(20)18-1-5-31-6-2-18/h1-3,5-7,9-14,35H,4,8,15-16H2,(H,36,37). The Morgan fingerprint density at radius 3 is 2.55 bits per heavy atom. The van der Waals surface area contributed by atoms with Crippen LogP contribution in [-0.2, 0) is 6.54 Å². The van der Waals surface area contributed by atoms with Gasteiger partial charge >= 0.3 is 0 Å². The number of fused-ring (bicyclic) bond motifs is 2. The van der Waals surface area contributed by atoms with E-state index >= 15 is 0 Å². The number of likely N-dealkylation sites (tertiary alicyclic amines) is 1. The number of nitrogens with zero attached hydrogens (tertiary/aromatic N) is 6. The fourth-order valence-corrected chi connectivity index (χ4v) is 5.12. The fraction of sp³-hybridized carbons (Fsp3) is 0.179. The van der Waals surface area contributed by atoms with Gasteiger partial charge in [-0.1, -0.05) is 0 Å². The van der Waals surface area contributed by atoms with Gasteiger partial charge in [0.25, 0.3) is 5.92 Å². The number of pyridine rings is 4. The highest BCUT2D eigenvalue weighted by Crippen LogP contribution is 2.34. The number of halogens is 2. The van der Waals surface area contributed by atoms with Crippen LogP contribution >= 0.6 is 0 Å². The summed E-state index contributed by atoms with van der Waals surface area (Å²) < 4.78 is 27.3. The molecule has 7 rings (SSSR count). The summed E-state index contributed by atoms with van der Waals surface area (Å²) >= 11 is 0. The lowest BCUT2D eigenvalue weighted by Crippen LogP contribution is -2.24. The van der Waals surface area contributed by atoms with Gasteiger partial charge in [-0.25, -0.2) is 8.78 Å². The van der Waals surface area contributed by atoms with E-state index in [9.17, 15) is 8.78 Å². The first-order chi connectivity index (χ1) is 18.5. The van der Waals surface area contributed by atoms with E-state index in [0.717, 1.165) is 61.3 Å². The normalized spacial score (nSPS) is 15.5. The molecule has 188 valence electrons. The van der Waals surface area contributed by atoms with Crippen LogP contribution in [0.3, 0.4) is 0 Å². The third-order valence-electron chi connectivity index (χ3n) is 6.95. The van der Waals surface area contributed by atoms with Crippen LogP contribution in [0.15, 0.2) is 73.6 Å². The molecule has 10 heteroatoms. The van der Waals surface area contributed by atoms with Crippen LogP contribution in [0, 0.1) is 0 Å². The summed E-state index contributed by atoms with van der Waals surface area (Å²) in [5.74, 6) is -2.62. The summed E-state index contributed by atoms with van der Waals surface area (Å²) in [6.45, 7) is 0.587. The van der Waals surface area contributed by atoms with Gasteiger partial charge < -0.3 is 4.98 Å². The van der Waals surface area contributed by atoms with Gasteiger partial charge in [-0.15, -0.1) is 0 Å². The Kier molecular flexibility index (Phi) is 5.22. The van der Waals surface area contributed by atoms with Crippen molar-refractivity contribution >= 4 is 21.8 Å². The monoisotopic (exact) mass is 508 g/mol. The predicted octanol–water partition coefficient (Wildman–Crippen LogP) is 5.47. The van der Waals surface area contributed by atoms with Crippen molar-refractivity contribution in [1.29, 1.82) is 0 Å². The molecule has 1 aliphatic heterocycles. The summed E-state index contributed by atoms with van der Waals surface area (Å²) in [7, 11) is 0. The minimum atomic E-state index is -2.62. The Labute approximate surface area is 215 Å². The molecule has 0 aliphatic carbocycles. The maximum absolute atomic E-state index is 13.6. The molecule has 0 amide bonds. The molecule has 8 nitrogen and oxygen atoms in total. The van der Waals surface area contributed by atoms with Gasteiger partial charge in [0.2, 0.25) is 0 Å². The molecule has 2 N–H and O–H groups in total. The van der Waals surface area contributed by atoms with E-state index in [-0.39, 0.29) is 13.0 Å². The van der Waals surface area contributed by atoms with Crippen molar-refractivity contribution in [2.24, 2.45) is 0 Å². The molecule has 0 unspecified atom stereocenters.